The minimum absolute atomic E-state index is 0.181. The van der Waals surface area contributed by atoms with Crippen LogP contribution in [0.15, 0.2) is 0 Å². The Hall–Kier alpha value is -0.610. The molecule has 0 aliphatic carbocycles. The molecule has 1 heterocycles. The molecule has 0 bridgehead atoms. The molecule has 1 aliphatic rings. The Balaban J connectivity index is 2.34. The van der Waals surface area contributed by atoms with Crippen molar-refractivity contribution < 1.29 is 4.79 Å². The molecule has 0 aromatic carbocycles. The Kier molecular flexibility index (Phi) is 7.28. The third-order valence-corrected chi connectivity index (χ3v) is 3.41. The van der Waals surface area contributed by atoms with Crippen LogP contribution in [-0.2, 0) is 4.79 Å². The Labute approximate surface area is 111 Å². The first kappa shape index (κ1) is 15.4. The number of carbonyl (C=O) groups is 1. The Bertz CT molecular complexity index is 237. The lowest BCUT2D eigenvalue weighted by Crippen LogP contribution is -2.45. The van der Waals surface area contributed by atoms with Gasteiger partial charge in [-0.2, -0.15) is 0 Å². The molecule has 0 atom stereocenters. The maximum atomic E-state index is 11.7. The number of hydrogen-bond acceptors (Lipinski definition) is 3. The minimum atomic E-state index is 0.181. The van der Waals surface area contributed by atoms with Crippen LogP contribution in [0.1, 0.15) is 46.5 Å². The molecular weight excluding hydrogens is 226 g/mol. The summed E-state index contributed by atoms with van der Waals surface area (Å²) in [5, 5.41) is 6.36. The molecule has 0 aromatic heterocycles. The van der Waals surface area contributed by atoms with Gasteiger partial charge in [0.05, 0.1) is 0 Å². The number of carbonyl (C=O) groups excluding carboxylic acids is 1. The highest BCUT2D eigenvalue weighted by atomic mass is 16.1. The summed E-state index contributed by atoms with van der Waals surface area (Å²) in [7, 11) is 0. The lowest BCUT2D eigenvalue weighted by Gasteiger charge is -2.34. The van der Waals surface area contributed by atoms with Gasteiger partial charge >= 0.3 is 0 Å². The van der Waals surface area contributed by atoms with Crippen molar-refractivity contribution in [1.82, 2.24) is 15.5 Å². The molecular formula is C14H29N3O. The Morgan fingerprint density at radius 2 is 2.00 bits per heavy atom. The summed E-state index contributed by atoms with van der Waals surface area (Å²) in [6.07, 6.45) is 4.22. The minimum Gasteiger partial charge on any atom is -0.354 e. The quantitative estimate of drug-likeness (QED) is 0.722. The zero-order valence-corrected chi connectivity index (χ0v) is 12.2. The molecule has 0 spiro atoms. The van der Waals surface area contributed by atoms with Gasteiger partial charge in [0, 0.05) is 25.0 Å². The van der Waals surface area contributed by atoms with E-state index in [1.54, 1.807) is 0 Å². The van der Waals surface area contributed by atoms with Crippen molar-refractivity contribution in [2.75, 3.05) is 26.2 Å². The summed E-state index contributed by atoms with van der Waals surface area (Å²) in [5.74, 6) is 0.181. The van der Waals surface area contributed by atoms with Crippen molar-refractivity contribution in [2.24, 2.45) is 0 Å². The monoisotopic (exact) mass is 255 g/mol. The smallest absolute Gasteiger partial charge is 0.221 e. The summed E-state index contributed by atoms with van der Waals surface area (Å²) in [4.78, 5) is 14.2. The number of piperidine rings is 1. The number of amides is 1. The molecule has 4 heteroatoms. The SMILES string of the molecule is CCCN(CCC(=O)NC(C)C)C1CCNCC1. The number of nitrogens with zero attached hydrogens (tertiary/aromatic N) is 1. The van der Waals surface area contributed by atoms with Crippen LogP contribution in [0.2, 0.25) is 0 Å². The molecule has 18 heavy (non-hydrogen) atoms. The van der Waals surface area contributed by atoms with E-state index in [9.17, 15) is 4.79 Å². The average molecular weight is 255 g/mol. The molecule has 1 saturated heterocycles. The second kappa shape index (κ2) is 8.48. The maximum absolute atomic E-state index is 11.7. The highest BCUT2D eigenvalue weighted by molar-refractivity contribution is 5.76. The highest BCUT2D eigenvalue weighted by Gasteiger charge is 2.20. The molecule has 2 N–H and O–H groups in total. The first-order valence-corrected chi connectivity index (χ1v) is 7.37. The van der Waals surface area contributed by atoms with E-state index in [1.807, 2.05) is 13.8 Å². The van der Waals surface area contributed by atoms with Gasteiger partial charge in [-0.15, -0.1) is 0 Å². The Morgan fingerprint density at radius 1 is 1.33 bits per heavy atom. The maximum Gasteiger partial charge on any atom is 0.221 e. The van der Waals surface area contributed by atoms with E-state index >= 15 is 0 Å². The molecule has 1 fully saturated rings. The third kappa shape index (κ3) is 5.83. The topological polar surface area (TPSA) is 44.4 Å². The van der Waals surface area contributed by atoms with E-state index in [0.717, 1.165) is 32.6 Å². The van der Waals surface area contributed by atoms with Crippen molar-refractivity contribution >= 4 is 5.91 Å². The predicted octanol–water partition coefficient (Wildman–Crippen LogP) is 1.37. The van der Waals surface area contributed by atoms with Gasteiger partial charge in [0.15, 0.2) is 0 Å². The van der Waals surface area contributed by atoms with Crippen LogP contribution in [0, 0.1) is 0 Å². The summed E-state index contributed by atoms with van der Waals surface area (Å²) in [5.41, 5.74) is 0. The molecule has 1 rings (SSSR count). The molecule has 0 unspecified atom stereocenters. The van der Waals surface area contributed by atoms with Crippen molar-refractivity contribution in [1.29, 1.82) is 0 Å². The number of hydrogen-bond donors (Lipinski definition) is 2. The highest BCUT2D eigenvalue weighted by Crippen LogP contribution is 2.12. The van der Waals surface area contributed by atoms with Gasteiger partial charge in [0.25, 0.3) is 0 Å². The zero-order valence-electron chi connectivity index (χ0n) is 12.2. The summed E-state index contributed by atoms with van der Waals surface area (Å²) >= 11 is 0. The fourth-order valence-corrected chi connectivity index (χ4v) is 2.58. The van der Waals surface area contributed by atoms with Crippen LogP contribution < -0.4 is 10.6 Å². The lowest BCUT2D eigenvalue weighted by molar-refractivity contribution is -0.122. The third-order valence-electron chi connectivity index (χ3n) is 3.41. The van der Waals surface area contributed by atoms with Crippen LogP contribution >= 0.6 is 0 Å². The van der Waals surface area contributed by atoms with Crippen molar-refractivity contribution in [3.63, 3.8) is 0 Å². The standard InChI is InChI=1S/C14H29N3O/c1-4-10-17(13-5-8-15-9-6-13)11-7-14(18)16-12(2)3/h12-13,15H,4-11H2,1-3H3,(H,16,18). The largest absolute Gasteiger partial charge is 0.354 e. The number of rotatable bonds is 7. The summed E-state index contributed by atoms with van der Waals surface area (Å²) < 4.78 is 0. The van der Waals surface area contributed by atoms with Crippen LogP contribution in [-0.4, -0.2) is 49.1 Å². The molecule has 0 radical (unpaired) electrons. The van der Waals surface area contributed by atoms with Crippen molar-refractivity contribution in [3.8, 4) is 0 Å². The van der Waals surface area contributed by atoms with E-state index in [4.69, 9.17) is 0 Å². The van der Waals surface area contributed by atoms with Gasteiger partial charge in [-0.1, -0.05) is 6.92 Å². The molecule has 0 saturated carbocycles. The van der Waals surface area contributed by atoms with Crippen molar-refractivity contribution in [3.05, 3.63) is 0 Å². The predicted molar refractivity (Wildman–Crippen MR) is 75.7 cm³/mol. The molecule has 4 nitrogen and oxygen atoms in total. The van der Waals surface area contributed by atoms with Gasteiger partial charge in [0.1, 0.15) is 0 Å². The summed E-state index contributed by atoms with van der Waals surface area (Å²) in [6, 6.07) is 0.911. The second-order valence-electron chi connectivity index (χ2n) is 5.49. The Morgan fingerprint density at radius 3 is 2.56 bits per heavy atom. The van der Waals surface area contributed by atoms with Crippen LogP contribution in [0.4, 0.5) is 0 Å². The molecule has 1 amide bonds. The van der Waals surface area contributed by atoms with E-state index < -0.39 is 0 Å². The van der Waals surface area contributed by atoms with Gasteiger partial charge in [-0.3, -0.25) is 9.69 Å². The summed E-state index contributed by atoms with van der Waals surface area (Å²) in [6.45, 7) is 10.5. The van der Waals surface area contributed by atoms with Crippen LogP contribution in [0.5, 0.6) is 0 Å². The fraction of sp³-hybridized carbons (Fsp3) is 0.929. The normalized spacial score (nSPS) is 17.4. The van der Waals surface area contributed by atoms with Crippen LogP contribution in [0.25, 0.3) is 0 Å². The van der Waals surface area contributed by atoms with E-state index in [-0.39, 0.29) is 11.9 Å². The average Bonchev–Trinajstić information content (AvgIpc) is 2.34. The van der Waals surface area contributed by atoms with E-state index in [1.165, 1.54) is 12.8 Å². The van der Waals surface area contributed by atoms with Crippen LogP contribution in [0.3, 0.4) is 0 Å². The van der Waals surface area contributed by atoms with Gasteiger partial charge in [-0.05, 0) is 52.7 Å². The van der Waals surface area contributed by atoms with E-state index in [2.05, 4.69) is 22.5 Å². The second-order valence-corrected chi connectivity index (χ2v) is 5.49. The molecule has 106 valence electrons. The first-order valence-electron chi connectivity index (χ1n) is 7.37. The van der Waals surface area contributed by atoms with E-state index in [0.29, 0.717) is 12.5 Å². The zero-order chi connectivity index (χ0) is 13.4. The van der Waals surface area contributed by atoms with Gasteiger partial charge < -0.3 is 10.6 Å². The lowest BCUT2D eigenvalue weighted by atomic mass is 10.0. The molecule has 0 aromatic rings. The first-order chi connectivity index (χ1) is 8.63. The van der Waals surface area contributed by atoms with Gasteiger partial charge in [-0.25, -0.2) is 0 Å². The fourth-order valence-electron chi connectivity index (χ4n) is 2.58. The van der Waals surface area contributed by atoms with Crippen molar-refractivity contribution in [2.45, 2.75) is 58.5 Å². The number of nitrogens with one attached hydrogen (secondary N) is 2. The molecule has 1 aliphatic heterocycles. The van der Waals surface area contributed by atoms with Gasteiger partial charge in [0.2, 0.25) is 5.91 Å².